The number of methoxy groups -OCH3 is 1. The van der Waals surface area contributed by atoms with Gasteiger partial charge in [0.1, 0.15) is 5.82 Å². The van der Waals surface area contributed by atoms with Crippen molar-refractivity contribution in [1.29, 1.82) is 0 Å². The van der Waals surface area contributed by atoms with Crippen LogP contribution in [0.25, 0.3) is 0 Å². The summed E-state index contributed by atoms with van der Waals surface area (Å²) in [5, 5.41) is 13.4. The second-order valence-electron chi connectivity index (χ2n) is 5.86. The fourth-order valence-corrected chi connectivity index (χ4v) is 3.71. The maximum absolute atomic E-state index is 12.7. The minimum Gasteiger partial charge on any atom is -0.504 e. The number of carbonyl (C=O) groups excluding carboxylic acids is 1. The molecule has 2 heterocycles. The van der Waals surface area contributed by atoms with Gasteiger partial charge in [-0.25, -0.2) is 0 Å². The fourth-order valence-electron chi connectivity index (χ4n) is 3.01. The second kappa shape index (κ2) is 7.25. The number of aromatic nitrogens is 2. The number of thioether (sulfide) groups is 1. The molecular formula is C18H19N3O4S. The van der Waals surface area contributed by atoms with E-state index in [0.29, 0.717) is 33.6 Å². The molecule has 0 bridgehead atoms. The van der Waals surface area contributed by atoms with Gasteiger partial charge in [-0.15, -0.1) is 6.58 Å². The number of nitrogens with one attached hydrogen (secondary N) is 1. The van der Waals surface area contributed by atoms with Crippen LogP contribution in [0.4, 0.5) is 5.82 Å². The van der Waals surface area contributed by atoms with Crippen LogP contribution in [0.3, 0.4) is 0 Å². The molecule has 1 aromatic heterocycles. The summed E-state index contributed by atoms with van der Waals surface area (Å²) < 4.78 is 6.76. The van der Waals surface area contributed by atoms with Crippen molar-refractivity contribution >= 4 is 23.5 Å². The third kappa shape index (κ3) is 3.20. The van der Waals surface area contributed by atoms with E-state index in [1.54, 1.807) is 29.8 Å². The van der Waals surface area contributed by atoms with Crippen molar-refractivity contribution in [2.75, 3.05) is 18.2 Å². The van der Waals surface area contributed by atoms with Crippen LogP contribution >= 0.6 is 11.8 Å². The monoisotopic (exact) mass is 373 g/mol. The van der Waals surface area contributed by atoms with Crippen LogP contribution in [0, 0.1) is 0 Å². The third-order valence-corrected chi connectivity index (χ3v) is 5.26. The van der Waals surface area contributed by atoms with Crippen LogP contribution in [0.5, 0.6) is 11.5 Å². The van der Waals surface area contributed by atoms with Gasteiger partial charge < -0.3 is 19.7 Å². The van der Waals surface area contributed by atoms with E-state index in [-0.39, 0.29) is 23.6 Å². The lowest BCUT2D eigenvalue weighted by molar-refractivity contribution is -0.116. The molecule has 1 aromatic carbocycles. The topological polar surface area (TPSA) is 93.5 Å². The first-order valence-electron chi connectivity index (χ1n) is 7.97. The number of phenols is 1. The number of anilines is 1. The van der Waals surface area contributed by atoms with Crippen molar-refractivity contribution in [2.24, 2.45) is 7.05 Å². The van der Waals surface area contributed by atoms with E-state index in [2.05, 4.69) is 16.9 Å². The number of hydrogen-bond donors (Lipinski definition) is 2. The Balaban J connectivity index is 2.13. The Hall–Kier alpha value is -2.74. The fraction of sp³-hybridized carbons (Fsp3) is 0.278. The molecule has 8 heteroatoms. The summed E-state index contributed by atoms with van der Waals surface area (Å²) in [7, 11) is 3.21. The van der Waals surface area contributed by atoms with Gasteiger partial charge in [0.2, 0.25) is 5.91 Å². The molecule has 7 nitrogen and oxygen atoms in total. The van der Waals surface area contributed by atoms with Gasteiger partial charge in [-0.1, -0.05) is 23.9 Å². The lowest BCUT2D eigenvalue weighted by Gasteiger charge is -2.27. The first kappa shape index (κ1) is 18.1. The van der Waals surface area contributed by atoms with Crippen molar-refractivity contribution in [3.8, 4) is 11.5 Å². The second-order valence-corrected chi connectivity index (χ2v) is 6.84. The number of benzene rings is 1. The van der Waals surface area contributed by atoms with E-state index >= 15 is 0 Å². The summed E-state index contributed by atoms with van der Waals surface area (Å²) in [4.78, 5) is 29.1. The molecular weight excluding hydrogens is 354 g/mol. The van der Waals surface area contributed by atoms with Crippen LogP contribution in [-0.2, 0) is 11.8 Å². The van der Waals surface area contributed by atoms with Crippen LogP contribution in [0.1, 0.15) is 23.5 Å². The first-order chi connectivity index (χ1) is 12.5. The number of carbonyl (C=O) groups is 1. The average molecular weight is 373 g/mol. The minimum absolute atomic E-state index is 0.0412. The largest absolute Gasteiger partial charge is 0.504 e. The highest BCUT2D eigenvalue weighted by molar-refractivity contribution is 7.99. The summed E-state index contributed by atoms with van der Waals surface area (Å²) in [6.45, 7) is 3.66. The molecule has 2 aromatic rings. The lowest BCUT2D eigenvalue weighted by atomic mass is 9.86. The highest BCUT2D eigenvalue weighted by Crippen LogP contribution is 2.38. The van der Waals surface area contributed by atoms with Crippen LogP contribution < -0.4 is 15.6 Å². The normalized spacial score (nSPS) is 15.9. The zero-order valence-corrected chi connectivity index (χ0v) is 15.3. The standard InChI is InChI=1S/C18H19N3O4S/c1-4-7-26-18-20-17(24)15-11(9-14(23)19-16(15)21(18)2)10-5-6-13(25-3)12(22)8-10/h4-6,8,11,22H,1,7,9H2,2-3H3,(H,19,23)/t11-/m1/s1. The van der Waals surface area contributed by atoms with Crippen LogP contribution in [-0.4, -0.2) is 33.4 Å². The predicted molar refractivity (Wildman–Crippen MR) is 100 cm³/mol. The summed E-state index contributed by atoms with van der Waals surface area (Å²) in [5.41, 5.74) is 0.689. The van der Waals surface area contributed by atoms with Gasteiger partial charge in [-0.3, -0.25) is 9.59 Å². The van der Waals surface area contributed by atoms with Gasteiger partial charge in [0.25, 0.3) is 5.56 Å². The van der Waals surface area contributed by atoms with Crippen LogP contribution in [0.2, 0.25) is 0 Å². The Labute approximate surface area is 154 Å². The van der Waals surface area contributed by atoms with Gasteiger partial charge in [0, 0.05) is 25.1 Å². The van der Waals surface area contributed by atoms with Crippen molar-refractivity contribution < 1.29 is 14.6 Å². The van der Waals surface area contributed by atoms with Gasteiger partial charge >= 0.3 is 0 Å². The van der Waals surface area contributed by atoms with Gasteiger partial charge in [0.05, 0.1) is 12.7 Å². The molecule has 1 amide bonds. The molecule has 0 saturated carbocycles. The van der Waals surface area contributed by atoms with Gasteiger partial charge in [0.15, 0.2) is 16.7 Å². The molecule has 1 atom stereocenters. The number of aromatic hydroxyl groups is 1. The number of amides is 1. The molecule has 0 radical (unpaired) electrons. The maximum atomic E-state index is 12.7. The number of hydrogen-bond acceptors (Lipinski definition) is 6. The van der Waals surface area contributed by atoms with E-state index in [1.165, 1.54) is 24.9 Å². The number of phenolic OH excluding ortho intramolecular Hbond substituents is 1. The quantitative estimate of drug-likeness (QED) is 0.474. The third-order valence-electron chi connectivity index (χ3n) is 4.24. The maximum Gasteiger partial charge on any atom is 0.279 e. The molecule has 26 heavy (non-hydrogen) atoms. The lowest BCUT2D eigenvalue weighted by Crippen LogP contribution is -2.33. The first-order valence-corrected chi connectivity index (χ1v) is 8.96. The molecule has 0 spiro atoms. The Morgan fingerprint density at radius 1 is 1.50 bits per heavy atom. The molecule has 1 aliphatic heterocycles. The van der Waals surface area contributed by atoms with Crippen molar-refractivity contribution in [3.05, 3.63) is 52.3 Å². The minimum atomic E-state index is -0.486. The van der Waals surface area contributed by atoms with E-state index < -0.39 is 5.92 Å². The number of rotatable bonds is 5. The average Bonchev–Trinajstić information content (AvgIpc) is 2.62. The molecule has 0 saturated heterocycles. The number of nitrogens with zero attached hydrogens (tertiary/aromatic N) is 2. The molecule has 0 unspecified atom stereocenters. The SMILES string of the molecule is C=CCSc1nc(=O)c2c(n1C)NC(=O)C[C@@H]2c1ccc(OC)c(O)c1. The van der Waals surface area contributed by atoms with Crippen molar-refractivity contribution in [1.82, 2.24) is 9.55 Å². The summed E-state index contributed by atoms with van der Waals surface area (Å²) in [5.74, 6) is 0.645. The Morgan fingerprint density at radius 2 is 2.27 bits per heavy atom. The Bertz CT molecular complexity index is 939. The Kier molecular flexibility index (Phi) is 5.03. The van der Waals surface area contributed by atoms with E-state index in [0.717, 1.165) is 0 Å². The Morgan fingerprint density at radius 3 is 2.92 bits per heavy atom. The van der Waals surface area contributed by atoms with E-state index in [9.17, 15) is 14.7 Å². The summed E-state index contributed by atoms with van der Waals surface area (Å²) >= 11 is 1.37. The van der Waals surface area contributed by atoms with E-state index in [4.69, 9.17) is 4.74 Å². The number of ether oxygens (including phenoxy) is 1. The molecule has 2 N–H and O–H groups in total. The predicted octanol–water partition coefficient (Wildman–Crippen LogP) is 2.25. The van der Waals surface area contributed by atoms with Crippen molar-refractivity contribution in [2.45, 2.75) is 17.5 Å². The number of fused-ring (bicyclic) bond motifs is 1. The van der Waals surface area contributed by atoms with Crippen LogP contribution in [0.15, 0.2) is 40.8 Å². The molecule has 3 rings (SSSR count). The van der Waals surface area contributed by atoms with Gasteiger partial charge in [-0.05, 0) is 17.7 Å². The summed E-state index contributed by atoms with van der Waals surface area (Å²) in [6, 6.07) is 4.88. The molecule has 136 valence electrons. The smallest absolute Gasteiger partial charge is 0.279 e. The molecule has 0 fully saturated rings. The van der Waals surface area contributed by atoms with Crippen molar-refractivity contribution in [3.63, 3.8) is 0 Å². The highest BCUT2D eigenvalue weighted by atomic mass is 32.2. The molecule has 0 aliphatic carbocycles. The highest BCUT2D eigenvalue weighted by Gasteiger charge is 2.32. The van der Waals surface area contributed by atoms with E-state index in [1.807, 2.05) is 0 Å². The summed E-state index contributed by atoms with van der Waals surface area (Å²) in [6.07, 6.45) is 1.83. The van der Waals surface area contributed by atoms with Gasteiger partial charge in [-0.2, -0.15) is 4.98 Å². The zero-order valence-electron chi connectivity index (χ0n) is 14.5. The molecule has 1 aliphatic rings. The zero-order chi connectivity index (χ0) is 18.8.